The van der Waals surface area contributed by atoms with Gasteiger partial charge in [-0.25, -0.2) is 0 Å². The molecule has 1 aromatic carbocycles. The van der Waals surface area contributed by atoms with Crippen LogP contribution in [-0.4, -0.2) is 17.9 Å². The van der Waals surface area contributed by atoms with E-state index in [2.05, 4.69) is 0 Å². The van der Waals surface area contributed by atoms with Crippen LogP contribution < -0.4 is 5.73 Å². The zero-order chi connectivity index (χ0) is 14.0. The molecule has 19 heavy (non-hydrogen) atoms. The highest BCUT2D eigenvalue weighted by Gasteiger charge is 2.16. The predicted octanol–water partition coefficient (Wildman–Crippen LogP) is 3.44. The monoisotopic (exact) mass is 298 g/mol. The molecule has 2 aromatic rings. The maximum Gasteiger partial charge on any atom is 0.254 e. The van der Waals surface area contributed by atoms with Gasteiger partial charge in [-0.05, 0) is 24.3 Å². The number of amides is 1. The third-order valence-corrected chi connectivity index (χ3v) is 3.27. The SMILES string of the molecule is CN(Cc1ccco1)C(=O)c1cc(Cl)c(N)c(Cl)c1. The van der Waals surface area contributed by atoms with E-state index in [-0.39, 0.29) is 21.6 Å². The summed E-state index contributed by atoms with van der Waals surface area (Å²) in [5.74, 6) is 0.490. The molecule has 100 valence electrons. The van der Waals surface area contributed by atoms with E-state index in [1.54, 1.807) is 25.4 Å². The van der Waals surface area contributed by atoms with Gasteiger partial charge in [0.1, 0.15) is 5.76 Å². The van der Waals surface area contributed by atoms with Crippen LogP contribution in [0.25, 0.3) is 0 Å². The molecule has 0 saturated carbocycles. The van der Waals surface area contributed by atoms with Crippen molar-refractivity contribution in [2.75, 3.05) is 12.8 Å². The van der Waals surface area contributed by atoms with Crippen molar-refractivity contribution >= 4 is 34.8 Å². The molecule has 0 aliphatic rings. The minimum Gasteiger partial charge on any atom is -0.467 e. The average Bonchev–Trinajstić information content (AvgIpc) is 2.87. The van der Waals surface area contributed by atoms with Crippen molar-refractivity contribution in [2.24, 2.45) is 0 Å². The summed E-state index contributed by atoms with van der Waals surface area (Å²) in [7, 11) is 1.67. The van der Waals surface area contributed by atoms with Crippen LogP contribution in [0.15, 0.2) is 34.9 Å². The Morgan fingerprint density at radius 2 is 2.00 bits per heavy atom. The Morgan fingerprint density at radius 3 is 2.53 bits per heavy atom. The third-order valence-electron chi connectivity index (χ3n) is 2.65. The fourth-order valence-electron chi connectivity index (χ4n) is 1.64. The normalized spacial score (nSPS) is 10.5. The van der Waals surface area contributed by atoms with Crippen LogP contribution in [0.4, 0.5) is 5.69 Å². The van der Waals surface area contributed by atoms with E-state index >= 15 is 0 Å². The highest BCUT2D eigenvalue weighted by molar-refractivity contribution is 6.39. The molecule has 1 heterocycles. The topological polar surface area (TPSA) is 59.5 Å². The number of furan rings is 1. The van der Waals surface area contributed by atoms with Gasteiger partial charge in [-0.1, -0.05) is 23.2 Å². The van der Waals surface area contributed by atoms with Crippen LogP contribution in [0.5, 0.6) is 0 Å². The Morgan fingerprint density at radius 1 is 1.37 bits per heavy atom. The molecule has 1 amide bonds. The van der Waals surface area contributed by atoms with Crippen LogP contribution in [0.3, 0.4) is 0 Å². The Bertz CT molecular complexity index is 574. The number of benzene rings is 1. The summed E-state index contributed by atoms with van der Waals surface area (Å²) < 4.78 is 5.19. The third kappa shape index (κ3) is 3.03. The Labute approximate surface area is 120 Å². The van der Waals surface area contributed by atoms with Crippen LogP contribution in [0.1, 0.15) is 16.1 Å². The van der Waals surface area contributed by atoms with E-state index in [9.17, 15) is 4.79 Å². The molecule has 4 nitrogen and oxygen atoms in total. The number of anilines is 1. The Hall–Kier alpha value is -1.65. The molecule has 0 aliphatic carbocycles. The van der Waals surface area contributed by atoms with Gasteiger partial charge in [-0.15, -0.1) is 0 Å². The van der Waals surface area contributed by atoms with Crippen molar-refractivity contribution in [1.29, 1.82) is 0 Å². The van der Waals surface area contributed by atoms with Gasteiger partial charge in [0, 0.05) is 12.6 Å². The largest absolute Gasteiger partial charge is 0.467 e. The molecular weight excluding hydrogens is 287 g/mol. The van der Waals surface area contributed by atoms with Gasteiger partial charge in [0.05, 0.1) is 28.5 Å². The lowest BCUT2D eigenvalue weighted by Crippen LogP contribution is -2.26. The van der Waals surface area contributed by atoms with Crippen molar-refractivity contribution < 1.29 is 9.21 Å². The number of nitrogens with two attached hydrogens (primary N) is 1. The molecule has 6 heteroatoms. The zero-order valence-corrected chi connectivity index (χ0v) is 11.7. The highest BCUT2D eigenvalue weighted by atomic mass is 35.5. The molecule has 0 unspecified atom stereocenters. The van der Waals surface area contributed by atoms with Gasteiger partial charge < -0.3 is 15.1 Å². The fraction of sp³-hybridized carbons (Fsp3) is 0.154. The predicted molar refractivity (Wildman–Crippen MR) is 75.4 cm³/mol. The molecule has 0 spiro atoms. The Balaban J connectivity index is 2.19. The van der Waals surface area contributed by atoms with E-state index in [0.717, 1.165) is 0 Å². The van der Waals surface area contributed by atoms with Gasteiger partial charge in [-0.2, -0.15) is 0 Å². The van der Waals surface area contributed by atoms with Gasteiger partial charge in [0.25, 0.3) is 5.91 Å². The summed E-state index contributed by atoms with van der Waals surface area (Å²) in [5.41, 5.74) is 6.29. The molecule has 0 radical (unpaired) electrons. The van der Waals surface area contributed by atoms with Crippen molar-refractivity contribution in [3.63, 3.8) is 0 Å². The lowest BCUT2D eigenvalue weighted by Gasteiger charge is -2.16. The number of rotatable bonds is 3. The van der Waals surface area contributed by atoms with Crippen molar-refractivity contribution in [3.8, 4) is 0 Å². The second-order valence-electron chi connectivity index (χ2n) is 4.09. The van der Waals surface area contributed by atoms with Crippen molar-refractivity contribution in [1.82, 2.24) is 4.90 Å². The number of halogens is 2. The summed E-state index contributed by atoms with van der Waals surface area (Å²) in [6, 6.07) is 6.57. The molecule has 2 N–H and O–H groups in total. The van der Waals surface area contributed by atoms with Crippen molar-refractivity contribution in [2.45, 2.75) is 6.54 Å². The average molecular weight is 299 g/mol. The molecule has 1 aromatic heterocycles. The molecule has 0 atom stereocenters. The van der Waals surface area contributed by atoms with Crippen LogP contribution in [0, 0.1) is 0 Å². The van der Waals surface area contributed by atoms with E-state index in [4.69, 9.17) is 33.4 Å². The number of hydrogen-bond acceptors (Lipinski definition) is 3. The smallest absolute Gasteiger partial charge is 0.254 e. The lowest BCUT2D eigenvalue weighted by atomic mass is 10.2. The fourth-order valence-corrected chi connectivity index (χ4v) is 2.12. The quantitative estimate of drug-likeness (QED) is 0.883. The molecular formula is C13H12Cl2N2O2. The van der Waals surface area contributed by atoms with Gasteiger partial charge in [0.2, 0.25) is 0 Å². The Kier molecular flexibility index (Phi) is 4.02. The van der Waals surface area contributed by atoms with E-state index in [1.807, 2.05) is 0 Å². The lowest BCUT2D eigenvalue weighted by molar-refractivity contribution is 0.0775. The minimum atomic E-state index is -0.208. The number of carbonyl (C=O) groups is 1. The highest BCUT2D eigenvalue weighted by Crippen LogP contribution is 2.29. The minimum absolute atomic E-state index is 0.208. The maximum atomic E-state index is 12.2. The van der Waals surface area contributed by atoms with Crippen LogP contribution in [-0.2, 0) is 6.54 Å². The number of hydrogen-bond donors (Lipinski definition) is 1. The first-order chi connectivity index (χ1) is 8.99. The second-order valence-corrected chi connectivity index (χ2v) is 4.91. The molecule has 0 bridgehead atoms. The summed E-state index contributed by atoms with van der Waals surface area (Å²) in [6.45, 7) is 0.367. The van der Waals surface area contributed by atoms with E-state index < -0.39 is 0 Å². The van der Waals surface area contributed by atoms with Crippen LogP contribution in [0.2, 0.25) is 10.0 Å². The summed E-state index contributed by atoms with van der Waals surface area (Å²) in [6.07, 6.45) is 1.56. The molecule has 2 rings (SSSR count). The summed E-state index contributed by atoms with van der Waals surface area (Å²) >= 11 is 11.8. The van der Waals surface area contributed by atoms with Crippen LogP contribution >= 0.6 is 23.2 Å². The first-order valence-corrected chi connectivity index (χ1v) is 6.27. The number of nitrogen functional groups attached to an aromatic ring is 1. The molecule has 0 aliphatic heterocycles. The maximum absolute atomic E-state index is 12.2. The summed E-state index contributed by atoms with van der Waals surface area (Å²) in [5, 5.41) is 0.532. The van der Waals surface area contributed by atoms with Crippen molar-refractivity contribution in [3.05, 3.63) is 51.9 Å². The number of carbonyl (C=O) groups excluding carboxylic acids is 1. The van der Waals surface area contributed by atoms with Gasteiger partial charge in [-0.3, -0.25) is 4.79 Å². The zero-order valence-electron chi connectivity index (χ0n) is 10.2. The molecule has 0 saturated heterocycles. The van der Waals surface area contributed by atoms with Gasteiger partial charge in [0.15, 0.2) is 0 Å². The first kappa shape index (κ1) is 13.8. The van der Waals surface area contributed by atoms with E-state index in [0.29, 0.717) is 17.9 Å². The first-order valence-electron chi connectivity index (χ1n) is 5.51. The molecule has 0 fully saturated rings. The second kappa shape index (κ2) is 5.55. The number of nitrogens with zero attached hydrogens (tertiary/aromatic N) is 1. The van der Waals surface area contributed by atoms with Gasteiger partial charge >= 0.3 is 0 Å². The standard InChI is InChI=1S/C13H12Cl2N2O2/c1-17(7-9-3-2-4-19-9)13(18)8-5-10(14)12(16)11(15)6-8/h2-6H,7,16H2,1H3. The van der Waals surface area contributed by atoms with E-state index in [1.165, 1.54) is 17.0 Å². The summed E-state index contributed by atoms with van der Waals surface area (Å²) in [4.78, 5) is 13.7.